The normalized spacial score (nSPS) is 16.3. The number of esters is 1. The van der Waals surface area contributed by atoms with E-state index in [1.54, 1.807) is 6.08 Å². The molecule has 9 heteroatoms. The highest BCUT2D eigenvalue weighted by Crippen LogP contribution is 2.38. The van der Waals surface area contributed by atoms with Crippen LogP contribution in [-0.2, 0) is 27.5 Å². The number of rotatable bonds is 25. The average Bonchev–Trinajstić information content (AvgIpc) is 3.15. The molecule has 1 aliphatic carbocycles. The second kappa shape index (κ2) is 25.1. The third-order valence-electron chi connectivity index (χ3n) is 9.64. The fourth-order valence-electron chi connectivity index (χ4n) is 6.86. The van der Waals surface area contributed by atoms with Crippen molar-refractivity contribution >= 4 is 26.9 Å². The topological polar surface area (TPSA) is 92.3 Å². The molecule has 51 heavy (non-hydrogen) atoms. The van der Waals surface area contributed by atoms with Crippen molar-refractivity contribution in [3.8, 4) is 11.1 Å². The number of amides is 1. The predicted molar refractivity (Wildman–Crippen MR) is 209 cm³/mol. The highest BCUT2D eigenvalue weighted by molar-refractivity contribution is 6.60. The summed E-state index contributed by atoms with van der Waals surface area (Å²) in [4.78, 5) is 24.2. The summed E-state index contributed by atoms with van der Waals surface area (Å²) < 4.78 is 28.2. The van der Waals surface area contributed by atoms with Crippen LogP contribution < -0.4 is 5.32 Å². The van der Waals surface area contributed by atoms with Crippen LogP contribution in [0.25, 0.3) is 17.2 Å². The van der Waals surface area contributed by atoms with E-state index in [1.807, 2.05) is 32.9 Å². The van der Waals surface area contributed by atoms with E-state index in [-0.39, 0.29) is 5.97 Å². The number of hydrogen-bond donors (Lipinski definition) is 1. The van der Waals surface area contributed by atoms with Crippen LogP contribution in [0.5, 0.6) is 0 Å². The molecule has 0 aliphatic heterocycles. The monoisotopic (exact) mass is 723 g/mol. The van der Waals surface area contributed by atoms with Crippen LogP contribution in [0, 0.1) is 5.92 Å². The summed E-state index contributed by atoms with van der Waals surface area (Å²) in [6, 6.07) is 18.1. The molecule has 284 valence electrons. The van der Waals surface area contributed by atoms with Crippen LogP contribution in [-0.4, -0.2) is 60.4 Å². The molecule has 0 aromatic heterocycles. The van der Waals surface area contributed by atoms with Crippen molar-refractivity contribution in [3.05, 3.63) is 65.7 Å². The van der Waals surface area contributed by atoms with Gasteiger partial charge in [-0.05, 0) is 119 Å². The zero-order valence-corrected chi connectivity index (χ0v) is 32.9. The van der Waals surface area contributed by atoms with Gasteiger partial charge in [-0.3, -0.25) is 0 Å². The van der Waals surface area contributed by atoms with Gasteiger partial charge in [0, 0.05) is 38.5 Å². The first-order valence-electron chi connectivity index (χ1n) is 19.8. The number of carbonyl (C=O) groups is 2. The largest absolute Gasteiger partial charge is 0.500 e. The lowest BCUT2D eigenvalue weighted by Gasteiger charge is -2.29. The summed E-state index contributed by atoms with van der Waals surface area (Å²) >= 11 is 0. The minimum Gasteiger partial charge on any atom is -0.463 e. The zero-order valence-electron chi connectivity index (χ0n) is 31.9. The lowest BCUT2D eigenvalue weighted by molar-refractivity contribution is -0.137. The van der Waals surface area contributed by atoms with Gasteiger partial charge in [0.1, 0.15) is 0 Å². The highest BCUT2D eigenvalue weighted by atomic mass is 28.4. The molecule has 1 amide bonds. The summed E-state index contributed by atoms with van der Waals surface area (Å²) in [5, 5.41) is 2.79. The van der Waals surface area contributed by atoms with Crippen molar-refractivity contribution in [2.45, 2.75) is 123 Å². The van der Waals surface area contributed by atoms with E-state index in [0.29, 0.717) is 58.0 Å². The van der Waals surface area contributed by atoms with Gasteiger partial charge < -0.3 is 28.1 Å². The van der Waals surface area contributed by atoms with Crippen LogP contribution >= 0.6 is 0 Å². The van der Waals surface area contributed by atoms with Crippen LogP contribution in [0.15, 0.2) is 54.6 Å². The Kier molecular flexibility index (Phi) is 20.9. The van der Waals surface area contributed by atoms with Crippen LogP contribution in [0.4, 0.5) is 4.79 Å². The Bertz CT molecular complexity index is 1240. The van der Waals surface area contributed by atoms with Gasteiger partial charge >= 0.3 is 20.9 Å². The number of alkyl carbamates (subject to hydrolysis) is 1. The van der Waals surface area contributed by atoms with Gasteiger partial charge in [-0.25, -0.2) is 9.59 Å². The second-order valence-corrected chi connectivity index (χ2v) is 16.3. The highest BCUT2D eigenvalue weighted by Gasteiger charge is 2.39. The number of unbranched alkanes of at least 4 members (excludes halogenated alkanes) is 5. The molecular formula is C42H65NO7Si. The lowest BCUT2D eigenvalue weighted by Crippen LogP contribution is -2.46. The molecule has 0 atom stereocenters. The maximum absolute atomic E-state index is 12.2. The van der Waals surface area contributed by atoms with Gasteiger partial charge in [0.25, 0.3) is 0 Å². The fraction of sp³-hybridized carbons (Fsp3) is 0.619. The molecule has 8 nitrogen and oxygen atoms in total. The molecule has 0 bridgehead atoms. The molecule has 0 spiro atoms. The van der Waals surface area contributed by atoms with Crippen molar-refractivity contribution in [2.75, 3.05) is 39.6 Å². The molecular weight excluding hydrogens is 659 g/mol. The Morgan fingerprint density at radius 3 is 1.88 bits per heavy atom. The molecule has 1 saturated carbocycles. The second-order valence-electron chi connectivity index (χ2n) is 13.5. The van der Waals surface area contributed by atoms with Gasteiger partial charge in [0.2, 0.25) is 0 Å². The number of carbonyl (C=O) groups excluding carboxylic acids is 2. The molecule has 0 saturated heterocycles. The third kappa shape index (κ3) is 16.5. The minimum absolute atomic E-state index is 0.339. The van der Waals surface area contributed by atoms with E-state index in [0.717, 1.165) is 37.2 Å². The van der Waals surface area contributed by atoms with Crippen LogP contribution in [0.2, 0.25) is 6.04 Å². The van der Waals surface area contributed by atoms with Crippen molar-refractivity contribution < 1.29 is 32.3 Å². The number of benzene rings is 2. The van der Waals surface area contributed by atoms with Gasteiger partial charge in [-0.2, -0.15) is 0 Å². The van der Waals surface area contributed by atoms with Crippen molar-refractivity contribution in [1.82, 2.24) is 5.32 Å². The van der Waals surface area contributed by atoms with Crippen molar-refractivity contribution in [1.29, 1.82) is 0 Å². The van der Waals surface area contributed by atoms with E-state index in [2.05, 4.69) is 48.6 Å². The number of nitrogens with one attached hydrogen (secondary N) is 1. The van der Waals surface area contributed by atoms with Crippen LogP contribution in [0.1, 0.15) is 128 Å². The summed E-state index contributed by atoms with van der Waals surface area (Å²) in [5.74, 6) is 1.30. The zero-order chi connectivity index (χ0) is 36.6. The van der Waals surface area contributed by atoms with E-state index >= 15 is 0 Å². The Hall–Kier alpha value is -2.98. The molecule has 0 unspecified atom stereocenters. The lowest BCUT2D eigenvalue weighted by atomic mass is 9.77. The van der Waals surface area contributed by atoms with E-state index in [1.165, 1.54) is 74.1 Å². The molecule has 1 fully saturated rings. The van der Waals surface area contributed by atoms with E-state index < -0.39 is 14.9 Å². The first kappa shape index (κ1) is 42.4. The average molecular weight is 724 g/mol. The summed E-state index contributed by atoms with van der Waals surface area (Å²) in [5.41, 5.74) is 4.83. The third-order valence-corrected chi connectivity index (χ3v) is 12.8. The fourth-order valence-corrected chi connectivity index (χ4v) is 9.47. The minimum atomic E-state index is -2.69. The van der Waals surface area contributed by atoms with E-state index in [4.69, 9.17) is 22.8 Å². The van der Waals surface area contributed by atoms with Crippen molar-refractivity contribution in [3.63, 3.8) is 0 Å². The maximum Gasteiger partial charge on any atom is 0.500 e. The van der Waals surface area contributed by atoms with Crippen molar-refractivity contribution in [2.24, 2.45) is 5.92 Å². The number of hydrogen-bond acceptors (Lipinski definition) is 7. The van der Waals surface area contributed by atoms with Gasteiger partial charge in [0.15, 0.2) is 0 Å². The Morgan fingerprint density at radius 1 is 0.706 bits per heavy atom. The molecule has 1 aliphatic rings. The standard InChI is InChI=1S/C42H65NO7Si/c1-5-9-12-16-35-17-22-37(23-18-35)39-26-28-40(29-27-39)38-24-19-36(20-25-38)21-30-41(44)46-32-13-10-11-14-33-47-42(45)43-31-15-34-51(48-6-2,49-7-3)50-8-4/h19-21,24-30,35,37H,5-18,22-23,31-34H2,1-4H3,(H,43,45)/b30-21+. The predicted octanol–water partition coefficient (Wildman–Crippen LogP) is 10.5. The SMILES string of the molecule is CCCCCC1CCC(c2ccc(-c3ccc(/C=C/C(=O)OCCCCCCOC(=O)NCCC[Si](OCC)(OCC)OCC)cc3)cc2)CC1. The first-order valence-corrected chi connectivity index (χ1v) is 21.7. The van der Waals surface area contributed by atoms with Gasteiger partial charge in [0.05, 0.1) is 13.2 Å². The molecule has 0 heterocycles. The smallest absolute Gasteiger partial charge is 0.463 e. The van der Waals surface area contributed by atoms with Gasteiger partial charge in [-0.15, -0.1) is 0 Å². The summed E-state index contributed by atoms with van der Waals surface area (Å²) in [6.07, 6.45) is 17.8. The molecule has 2 aromatic carbocycles. The molecule has 2 aromatic rings. The summed E-state index contributed by atoms with van der Waals surface area (Å²) in [6.45, 7) is 10.9. The van der Waals surface area contributed by atoms with Crippen LogP contribution in [0.3, 0.4) is 0 Å². The Morgan fingerprint density at radius 2 is 1.29 bits per heavy atom. The molecule has 3 rings (SSSR count). The summed E-state index contributed by atoms with van der Waals surface area (Å²) in [7, 11) is -2.69. The number of ether oxygens (including phenoxy) is 2. The Balaban J connectivity index is 1.23. The van der Waals surface area contributed by atoms with E-state index in [9.17, 15) is 9.59 Å². The maximum atomic E-state index is 12.2. The Labute approximate surface area is 309 Å². The van der Waals surface area contributed by atoms with Gasteiger partial charge in [-0.1, -0.05) is 81.1 Å². The first-order chi connectivity index (χ1) is 24.9. The molecule has 0 radical (unpaired) electrons. The molecule has 1 N–H and O–H groups in total. The quantitative estimate of drug-likeness (QED) is 0.0472.